The molecule has 0 saturated carbocycles. The van der Waals surface area contributed by atoms with Crippen LogP contribution in [0.25, 0.3) is 6.08 Å². The average Bonchev–Trinajstić information content (AvgIpc) is 2.72. The molecule has 8 heteroatoms. The Morgan fingerprint density at radius 2 is 1.70 bits per heavy atom. The number of allylic oxidation sites excluding steroid dienone is 1. The van der Waals surface area contributed by atoms with Gasteiger partial charge >= 0.3 is 0 Å². The molecule has 1 aliphatic rings. The van der Waals surface area contributed by atoms with Crippen LogP contribution in [0.2, 0.25) is 0 Å². The van der Waals surface area contributed by atoms with E-state index in [4.69, 9.17) is 9.47 Å². The van der Waals surface area contributed by atoms with Crippen LogP contribution < -0.4 is 9.47 Å². The molecule has 0 spiro atoms. The Kier molecular flexibility index (Phi) is 6.07. The zero-order chi connectivity index (χ0) is 22.1. The molecule has 160 valence electrons. The van der Waals surface area contributed by atoms with Crippen LogP contribution in [0.15, 0.2) is 47.0 Å². The van der Waals surface area contributed by atoms with Gasteiger partial charge in [0.1, 0.15) is 5.70 Å². The molecule has 2 aromatic carbocycles. The fourth-order valence-corrected chi connectivity index (χ4v) is 4.95. The largest absolute Gasteiger partial charge is 0.502 e. The molecule has 7 nitrogen and oxygen atoms in total. The van der Waals surface area contributed by atoms with E-state index in [2.05, 4.69) is 0 Å². The molecule has 0 aromatic heterocycles. The van der Waals surface area contributed by atoms with Crippen molar-refractivity contribution in [2.75, 3.05) is 20.8 Å². The first-order valence-corrected chi connectivity index (χ1v) is 11.0. The van der Waals surface area contributed by atoms with Gasteiger partial charge in [0.05, 0.1) is 19.1 Å². The monoisotopic (exact) mass is 431 g/mol. The number of carbonyl (C=O) groups is 1. The summed E-state index contributed by atoms with van der Waals surface area (Å²) in [5.41, 5.74) is 0.653. The van der Waals surface area contributed by atoms with Crippen LogP contribution in [0.3, 0.4) is 0 Å². The number of aromatic hydroxyl groups is 1. The van der Waals surface area contributed by atoms with Crippen LogP contribution in [-0.2, 0) is 10.0 Å². The fraction of sp³-hybridized carbons (Fsp3) is 0.318. The topological polar surface area (TPSA) is 93.1 Å². The maximum absolute atomic E-state index is 13.3. The zero-order valence-corrected chi connectivity index (χ0v) is 18.2. The SMILES string of the molecule is COc1cc(C=C2C(=O)c3ccccc3S(=O)(=O)N2CCC(C)C)cc(OC)c1O. The van der Waals surface area contributed by atoms with E-state index in [1.807, 2.05) is 13.8 Å². The van der Waals surface area contributed by atoms with Gasteiger partial charge < -0.3 is 14.6 Å². The highest BCUT2D eigenvalue weighted by molar-refractivity contribution is 7.89. The number of sulfonamides is 1. The maximum Gasteiger partial charge on any atom is 0.265 e. The Morgan fingerprint density at radius 3 is 2.27 bits per heavy atom. The van der Waals surface area contributed by atoms with Gasteiger partial charge in [-0.2, -0.15) is 0 Å². The van der Waals surface area contributed by atoms with Gasteiger partial charge in [-0.15, -0.1) is 0 Å². The molecule has 0 bridgehead atoms. The van der Waals surface area contributed by atoms with Crippen molar-refractivity contribution >= 4 is 21.9 Å². The molecule has 3 rings (SSSR count). The van der Waals surface area contributed by atoms with Crippen molar-refractivity contribution in [3.8, 4) is 17.2 Å². The Hall–Kier alpha value is -3.00. The number of carbonyl (C=O) groups excluding carboxylic acids is 1. The van der Waals surface area contributed by atoms with E-state index in [-0.39, 0.29) is 51.7 Å². The molecule has 30 heavy (non-hydrogen) atoms. The van der Waals surface area contributed by atoms with Crippen molar-refractivity contribution < 1.29 is 27.8 Å². The highest BCUT2D eigenvalue weighted by Gasteiger charge is 2.39. The Balaban J connectivity index is 2.21. The van der Waals surface area contributed by atoms with Crippen molar-refractivity contribution in [1.82, 2.24) is 4.31 Å². The molecule has 0 fully saturated rings. The minimum atomic E-state index is -3.89. The summed E-state index contributed by atoms with van der Waals surface area (Å²) in [6.45, 7) is 4.16. The Labute approximate surface area is 176 Å². The van der Waals surface area contributed by atoms with E-state index in [9.17, 15) is 18.3 Å². The van der Waals surface area contributed by atoms with Gasteiger partial charge in [0.2, 0.25) is 11.5 Å². The van der Waals surface area contributed by atoms with Crippen molar-refractivity contribution in [3.05, 3.63) is 53.2 Å². The molecular weight excluding hydrogens is 406 g/mol. The molecule has 0 radical (unpaired) electrons. The summed E-state index contributed by atoms with van der Waals surface area (Å²) >= 11 is 0. The van der Waals surface area contributed by atoms with Gasteiger partial charge in [-0.05, 0) is 48.2 Å². The van der Waals surface area contributed by atoms with Crippen molar-refractivity contribution in [3.63, 3.8) is 0 Å². The van der Waals surface area contributed by atoms with Gasteiger partial charge in [-0.3, -0.25) is 9.10 Å². The molecule has 0 aliphatic carbocycles. The Morgan fingerprint density at radius 1 is 1.10 bits per heavy atom. The third-order valence-electron chi connectivity index (χ3n) is 4.92. The van der Waals surface area contributed by atoms with Crippen molar-refractivity contribution in [1.29, 1.82) is 0 Å². The molecule has 0 amide bonds. The van der Waals surface area contributed by atoms with Crippen LogP contribution >= 0.6 is 0 Å². The number of hydrogen-bond acceptors (Lipinski definition) is 6. The third-order valence-corrected chi connectivity index (χ3v) is 6.79. The number of hydrogen-bond donors (Lipinski definition) is 1. The minimum absolute atomic E-state index is 0.0109. The lowest BCUT2D eigenvalue weighted by Gasteiger charge is -2.32. The number of rotatable bonds is 6. The second kappa shape index (κ2) is 8.39. The van der Waals surface area contributed by atoms with E-state index in [0.29, 0.717) is 12.0 Å². The lowest BCUT2D eigenvalue weighted by molar-refractivity contribution is 0.100. The number of methoxy groups -OCH3 is 2. The van der Waals surface area contributed by atoms with Gasteiger partial charge in [-0.1, -0.05) is 26.0 Å². The van der Waals surface area contributed by atoms with Gasteiger partial charge in [-0.25, -0.2) is 8.42 Å². The molecule has 2 aromatic rings. The summed E-state index contributed by atoms with van der Waals surface area (Å²) in [5.74, 6) is 0.00687. The number of phenols is 1. The highest BCUT2D eigenvalue weighted by atomic mass is 32.2. The quantitative estimate of drug-likeness (QED) is 0.702. The first-order valence-electron chi connectivity index (χ1n) is 9.53. The van der Waals surface area contributed by atoms with Crippen LogP contribution in [0, 0.1) is 5.92 Å². The molecular formula is C22H25NO6S. The number of Topliss-reactive ketones (excluding diaryl/α,β-unsaturated/α-hetero) is 1. The predicted octanol–water partition coefficient (Wildman–Crippen LogP) is 3.68. The number of ketones is 1. The predicted molar refractivity (Wildman–Crippen MR) is 113 cm³/mol. The fourth-order valence-electron chi connectivity index (χ4n) is 3.29. The summed E-state index contributed by atoms with van der Waals surface area (Å²) in [6.07, 6.45) is 2.08. The number of fused-ring (bicyclic) bond motifs is 1. The minimum Gasteiger partial charge on any atom is -0.502 e. The zero-order valence-electron chi connectivity index (χ0n) is 17.4. The van der Waals surface area contributed by atoms with Crippen molar-refractivity contribution in [2.45, 2.75) is 25.2 Å². The van der Waals surface area contributed by atoms with Gasteiger partial charge in [0.15, 0.2) is 11.5 Å². The number of benzene rings is 2. The van der Waals surface area contributed by atoms with Crippen LogP contribution in [0.5, 0.6) is 17.2 Å². The molecule has 1 N–H and O–H groups in total. The van der Waals surface area contributed by atoms with Gasteiger partial charge in [0.25, 0.3) is 10.0 Å². The molecule has 0 atom stereocenters. The lowest BCUT2D eigenvalue weighted by Crippen LogP contribution is -2.39. The first-order chi connectivity index (χ1) is 14.2. The van der Waals surface area contributed by atoms with E-state index < -0.39 is 10.0 Å². The number of ether oxygens (including phenoxy) is 2. The molecule has 0 unspecified atom stereocenters. The van der Waals surface area contributed by atoms with E-state index in [1.54, 1.807) is 12.1 Å². The molecule has 1 heterocycles. The third kappa shape index (κ3) is 3.87. The standard InChI is InChI=1S/C22H25NO6S/c1-14(2)9-10-23-17(11-15-12-18(28-3)22(25)19(13-15)29-4)21(24)16-7-5-6-8-20(16)30(23,26)27/h5-8,11-14,25H,9-10H2,1-4H3. The summed E-state index contributed by atoms with van der Waals surface area (Å²) in [7, 11) is -1.10. The van der Waals surface area contributed by atoms with Gasteiger partial charge in [0, 0.05) is 12.1 Å². The second-order valence-corrected chi connectivity index (χ2v) is 9.22. The Bertz CT molecular complexity index is 1080. The van der Waals surface area contributed by atoms with E-state index in [1.165, 1.54) is 48.9 Å². The normalized spacial score (nSPS) is 16.6. The van der Waals surface area contributed by atoms with Crippen LogP contribution in [0.1, 0.15) is 36.2 Å². The molecule has 1 aliphatic heterocycles. The smallest absolute Gasteiger partial charge is 0.265 e. The number of nitrogens with zero attached hydrogens (tertiary/aromatic N) is 1. The van der Waals surface area contributed by atoms with E-state index in [0.717, 1.165) is 0 Å². The summed E-state index contributed by atoms with van der Waals surface area (Å²) in [5, 5.41) is 10.1. The van der Waals surface area contributed by atoms with E-state index >= 15 is 0 Å². The number of phenolic OH excluding ortho intramolecular Hbond substituents is 1. The van der Waals surface area contributed by atoms with Crippen LogP contribution in [-0.4, -0.2) is 44.4 Å². The molecule has 0 saturated heterocycles. The lowest BCUT2D eigenvalue weighted by atomic mass is 10.0. The van der Waals surface area contributed by atoms with Crippen LogP contribution in [0.4, 0.5) is 0 Å². The average molecular weight is 432 g/mol. The first kappa shape index (κ1) is 21.7. The maximum atomic E-state index is 13.3. The summed E-state index contributed by atoms with van der Waals surface area (Å²) in [6, 6.07) is 9.25. The second-order valence-electron chi connectivity index (χ2n) is 7.39. The highest BCUT2D eigenvalue weighted by Crippen LogP contribution is 2.39. The summed E-state index contributed by atoms with van der Waals surface area (Å²) in [4.78, 5) is 13.3. The summed E-state index contributed by atoms with van der Waals surface area (Å²) < 4.78 is 38.1. The van der Waals surface area contributed by atoms with Crippen molar-refractivity contribution in [2.24, 2.45) is 5.92 Å².